The lowest BCUT2D eigenvalue weighted by molar-refractivity contribution is -0.114. The van der Waals surface area contributed by atoms with Gasteiger partial charge in [-0.2, -0.15) is 11.8 Å². The summed E-state index contributed by atoms with van der Waals surface area (Å²) in [7, 11) is 0. The average molecular weight is 357 g/mol. The van der Waals surface area contributed by atoms with Gasteiger partial charge in [-0.05, 0) is 36.4 Å². The molecule has 1 aliphatic heterocycles. The van der Waals surface area contributed by atoms with Crippen molar-refractivity contribution in [3.05, 3.63) is 48.2 Å². The van der Waals surface area contributed by atoms with Gasteiger partial charge >= 0.3 is 0 Å². The summed E-state index contributed by atoms with van der Waals surface area (Å²) < 4.78 is 5.78. The third kappa shape index (κ3) is 4.96. The van der Waals surface area contributed by atoms with Crippen molar-refractivity contribution in [1.29, 1.82) is 0 Å². The number of hydrogen-bond acceptors (Lipinski definition) is 5. The summed E-state index contributed by atoms with van der Waals surface area (Å²) in [4.78, 5) is 27.6. The van der Waals surface area contributed by atoms with Gasteiger partial charge in [-0.25, -0.2) is 4.98 Å². The van der Waals surface area contributed by atoms with Crippen LogP contribution >= 0.6 is 11.8 Å². The molecule has 3 rings (SSSR count). The number of nitrogens with one attached hydrogen (secondary N) is 2. The summed E-state index contributed by atoms with van der Waals surface area (Å²) in [5, 5.41) is 5.47. The van der Waals surface area contributed by atoms with E-state index >= 15 is 0 Å². The first-order valence-corrected chi connectivity index (χ1v) is 9.15. The monoisotopic (exact) mass is 357 g/mol. The lowest BCUT2D eigenvalue weighted by Gasteiger charge is -2.11. The molecule has 1 aromatic carbocycles. The van der Waals surface area contributed by atoms with Crippen molar-refractivity contribution in [2.75, 3.05) is 22.1 Å². The normalized spacial score (nSPS) is 16.3. The Kier molecular flexibility index (Phi) is 5.55. The number of carbonyl (C=O) groups is 2. The maximum atomic E-state index is 12.3. The van der Waals surface area contributed by atoms with E-state index in [0.29, 0.717) is 22.8 Å². The van der Waals surface area contributed by atoms with Crippen LogP contribution in [0.2, 0.25) is 0 Å². The van der Waals surface area contributed by atoms with Gasteiger partial charge in [0.15, 0.2) is 0 Å². The third-order valence-corrected chi connectivity index (χ3v) is 4.75. The van der Waals surface area contributed by atoms with E-state index in [1.54, 1.807) is 36.4 Å². The average Bonchev–Trinajstić information content (AvgIpc) is 3.08. The molecule has 1 atom stereocenters. The van der Waals surface area contributed by atoms with Gasteiger partial charge in [0, 0.05) is 36.3 Å². The highest BCUT2D eigenvalue weighted by molar-refractivity contribution is 7.99. The lowest BCUT2D eigenvalue weighted by Crippen LogP contribution is -2.16. The Morgan fingerprint density at radius 1 is 1.20 bits per heavy atom. The van der Waals surface area contributed by atoms with Crippen molar-refractivity contribution in [3.8, 4) is 5.88 Å². The molecule has 6 nitrogen and oxygen atoms in total. The van der Waals surface area contributed by atoms with Crippen molar-refractivity contribution < 1.29 is 14.3 Å². The molecule has 0 saturated carbocycles. The Labute approximate surface area is 150 Å². The van der Waals surface area contributed by atoms with Crippen molar-refractivity contribution in [2.45, 2.75) is 19.4 Å². The minimum atomic E-state index is -0.268. The molecule has 2 amide bonds. The number of hydrogen-bond donors (Lipinski definition) is 2. The van der Waals surface area contributed by atoms with E-state index in [2.05, 4.69) is 15.6 Å². The van der Waals surface area contributed by atoms with Crippen LogP contribution in [0, 0.1) is 0 Å². The van der Waals surface area contributed by atoms with E-state index in [1.165, 1.54) is 13.1 Å². The molecular weight excluding hydrogens is 338 g/mol. The van der Waals surface area contributed by atoms with Crippen LogP contribution in [-0.4, -0.2) is 34.4 Å². The second-order valence-corrected chi connectivity index (χ2v) is 6.85. The van der Waals surface area contributed by atoms with Crippen LogP contribution in [0.15, 0.2) is 42.6 Å². The molecule has 1 aromatic heterocycles. The highest BCUT2D eigenvalue weighted by atomic mass is 32.2. The first kappa shape index (κ1) is 17.3. The van der Waals surface area contributed by atoms with Crippen LogP contribution in [0.1, 0.15) is 23.7 Å². The number of rotatable bonds is 5. The standard InChI is InChI=1S/C18H19N3O3S/c1-12(22)20-14-3-2-4-15(9-14)21-18(23)13-5-6-17(19-10-13)24-16-7-8-25-11-16/h2-6,9-10,16H,7-8,11H2,1H3,(H,20,22)(H,21,23). The fourth-order valence-corrected chi connectivity index (χ4v) is 3.54. The second-order valence-electron chi connectivity index (χ2n) is 5.70. The Bertz CT molecular complexity index is 758. The van der Waals surface area contributed by atoms with E-state index in [9.17, 15) is 9.59 Å². The second kappa shape index (κ2) is 8.02. The van der Waals surface area contributed by atoms with Crippen LogP contribution in [0.3, 0.4) is 0 Å². The highest BCUT2D eigenvalue weighted by Crippen LogP contribution is 2.22. The molecule has 1 aliphatic rings. The third-order valence-electron chi connectivity index (χ3n) is 3.61. The van der Waals surface area contributed by atoms with Crippen LogP contribution < -0.4 is 15.4 Å². The zero-order valence-electron chi connectivity index (χ0n) is 13.8. The molecule has 0 spiro atoms. The van der Waals surface area contributed by atoms with Crippen molar-refractivity contribution in [2.24, 2.45) is 0 Å². The number of carbonyl (C=O) groups excluding carboxylic acids is 2. The molecule has 2 aromatic rings. The highest BCUT2D eigenvalue weighted by Gasteiger charge is 2.17. The molecule has 0 radical (unpaired) electrons. The number of nitrogens with zero attached hydrogens (tertiary/aromatic N) is 1. The zero-order chi connectivity index (χ0) is 17.6. The van der Waals surface area contributed by atoms with Gasteiger partial charge in [-0.1, -0.05) is 6.07 Å². The first-order chi connectivity index (χ1) is 12.1. The van der Waals surface area contributed by atoms with Crippen molar-refractivity contribution >= 4 is 35.0 Å². The molecule has 2 N–H and O–H groups in total. The fraction of sp³-hybridized carbons (Fsp3) is 0.278. The summed E-state index contributed by atoms with van der Waals surface area (Å²) in [5.41, 5.74) is 1.67. The molecule has 1 saturated heterocycles. The number of anilines is 2. The summed E-state index contributed by atoms with van der Waals surface area (Å²) in [6, 6.07) is 10.4. The minimum Gasteiger partial charge on any atom is -0.473 e. The maximum absolute atomic E-state index is 12.3. The molecule has 7 heteroatoms. The van der Waals surface area contributed by atoms with E-state index in [1.807, 2.05) is 11.8 Å². The van der Waals surface area contributed by atoms with Gasteiger partial charge in [0.1, 0.15) is 6.10 Å². The summed E-state index contributed by atoms with van der Waals surface area (Å²) >= 11 is 1.87. The predicted octanol–water partition coefficient (Wildman–Crippen LogP) is 3.18. The molecule has 25 heavy (non-hydrogen) atoms. The molecule has 0 bridgehead atoms. The Hall–Kier alpha value is -2.54. The Balaban J connectivity index is 1.61. The van der Waals surface area contributed by atoms with E-state index in [-0.39, 0.29) is 17.9 Å². The fourth-order valence-electron chi connectivity index (χ4n) is 2.44. The van der Waals surface area contributed by atoms with Gasteiger partial charge in [0.25, 0.3) is 5.91 Å². The van der Waals surface area contributed by atoms with Crippen molar-refractivity contribution in [3.63, 3.8) is 0 Å². The zero-order valence-corrected chi connectivity index (χ0v) is 14.6. The molecule has 2 heterocycles. The van der Waals surface area contributed by atoms with Crippen LogP contribution in [0.5, 0.6) is 5.88 Å². The van der Waals surface area contributed by atoms with E-state index in [4.69, 9.17) is 4.74 Å². The number of pyridine rings is 1. The first-order valence-electron chi connectivity index (χ1n) is 7.99. The number of thioether (sulfide) groups is 1. The quantitative estimate of drug-likeness (QED) is 0.859. The largest absolute Gasteiger partial charge is 0.473 e. The SMILES string of the molecule is CC(=O)Nc1cccc(NC(=O)c2ccc(OC3CCSC3)nc2)c1. The summed E-state index contributed by atoms with van der Waals surface area (Å²) in [5.74, 6) is 2.20. The van der Waals surface area contributed by atoms with Crippen LogP contribution in [0.25, 0.3) is 0 Å². The molecule has 1 fully saturated rings. The van der Waals surface area contributed by atoms with Gasteiger partial charge in [0.05, 0.1) is 5.56 Å². The number of benzene rings is 1. The van der Waals surface area contributed by atoms with Crippen LogP contribution in [0.4, 0.5) is 11.4 Å². The minimum absolute atomic E-state index is 0.163. The van der Waals surface area contributed by atoms with Gasteiger partial charge in [0.2, 0.25) is 11.8 Å². The van der Waals surface area contributed by atoms with Crippen LogP contribution in [-0.2, 0) is 4.79 Å². The maximum Gasteiger partial charge on any atom is 0.257 e. The molecule has 130 valence electrons. The number of ether oxygens (including phenoxy) is 1. The predicted molar refractivity (Wildman–Crippen MR) is 99.3 cm³/mol. The molecule has 1 unspecified atom stereocenters. The summed E-state index contributed by atoms with van der Waals surface area (Å²) in [6.07, 6.45) is 2.73. The smallest absolute Gasteiger partial charge is 0.257 e. The lowest BCUT2D eigenvalue weighted by atomic mass is 10.2. The van der Waals surface area contributed by atoms with E-state index < -0.39 is 0 Å². The summed E-state index contributed by atoms with van der Waals surface area (Å²) in [6.45, 7) is 1.44. The van der Waals surface area contributed by atoms with Gasteiger partial charge in [-0.3, -0.25) is 9.59 Å². The van der Waals surface area contributed by atoms with Crippen molar-refractivity contribution in [1.82, 2.24) is 4.98 Å². The Morgan fingerprint density at radius 2 is 2.00 bits per heavy atom. The number of aromatic nitrogens is 1. The number of amides is 2. The van der Waals surface area contributed by atoms with E-state index in [0.717, 1.165) is 17.9 Å². The molecular formula is C18H19N3O3S. The van der Waals surface area contributed by atoms with Gasteiger partial charge < -0.3 is 15.4 Å². The topological polar surface area (TPSA) is 80.3 Å². The van der Waals surface area contributed by atoms with Gasteiger partial charge in [-0.15, -0.1) is 0 Å². The Morgan fingerprint density at radius 3 is 2.64 bits per heavy atom. The molecule has 0 aliphatic carbocycles.